The first-order valence-electron chi connectivity index (χ1n) is 7.62. The monoisotopic (exact) mass is 347 g/mol. The van der Waals surface area contributed by atoms with Gasteiger partial charge in [-0.1, -0.05) is 11.6 Å². The number of carbonyl (C=O) groups excluding carboxylic acids is 1. The smallest absolute Gasteiger partial charge is 0.267 e. The normalized spacial score (nSPS) is 22.2. The summed E-state index contributed by atoms with van der Waals surface area (Å²) in [5, 5.41) is 0.0827. The van der Waals surface area contributed by atoms with E-state index < -0.39 is 11.7 Å². The highest BCUT2D eigenvalue weighted by Crippen LogP contribution is 2.47. The number of pyridine rings is 1. The number of aromatic nitrogens is 1. The average Bonchev–Trinajstić information content (AvgIpc) is 3.16. The largest absolute Gasteiger partial charge is 0.380 e. The number of ether oxygens (including phenoxy) is 1. The summed E-state index contributed by atoms with van der Waals surface area (Å²) in [4.78, 5) is 18.0. The fraction of sp³-hybridized carbons (Fsp3) is 0.294. The highest BCUT2D eigenvalue weighted by atomic mass is 35.5. The summed E-state index contributed by atoms with van der Waals surface area (Å²) < 4.78 is 19.5. The highest BCUT2D eigenvalue weighted by Gasteiger charge is 2.47. The van der Waals surface area contributed by atoms with Crippen LogP contribution >= 0.6 is 11.6 Å². The summed E-state index contributed by atoms with van der Waals surface area (Å²) in [5.74, 6) is -1.04. The molecule has 1 saturated heterocycles. The van der Waals surface area contributed by atoms with Crippen molar-refractivity contribution in [2.75, 3.05) is 24.7 Å². The summed E-state index contributed by atoms with van der Waals surface area (Å²) >= 11 is 5.79. The van der Waals surface area contributed by atoms with Crippen molar-refractivity contribution >= 4 is 28.9 Å². The number of anilines is 2. The molecule has 2 N–H and O–H groups in total. The van der Waals surface area contributed by atoms with E-state index in [2.05, 4.69) is 4.98 Å². The van der Waals surface area contributed by atoms with Crippen molar-refractivity contribution in [2.24, 2.45) is 5.73 Å². The van der Waals surface area contributed by atoms with Gasteiger partial charge >= 0.3 is 0 Å². The summed E-state index contributed by atoms with van der Waals surface area (Å²) in [6.07, 6.45) is 0.793. The number of primary amides is 1. The van der Waals surface area contributed by atoms with Crippen LogP contribution in [0.2, 0.25) is 5.02 Å². The van der Waals surface area contributed by atoms with E-state index in [1.54, 1.807) is 12.1 Å². The molecular weight excluding hydrogens is 333 g/mol. The minimum atomic E-state index is -0.567. The van der Waals surface area contributed by atoms with E-state index in [0.29, 0.717) is 25.4 Å². The van der Waals surface area contributed by atoms with Gasteiger partial charge in [-0.15, -0.1) is 0 Å². The summed E-state index contributed by atoms with van der Waals surface area (Å²) in [7, 11) is 0. The molecule has 3 heterocycles. The maximum absolute atomic E-state index is 13.9. The van der Waals surface area contributed by atoms with Gasteiger partial charge in [-0.2, -0.15) is 0 Å². The Balaban J connectivity index is 1.85. The Hall–Kier alpha value is -2.18. The van der Waals surface area contributed by atoms with Crippen LogP contribution in [0.1, 0.15) is 22.6 Å². The first-order valence-corrected chi connectivity index (χ1v) is 8.00. The van der Waals surface area contributed by atoms with Gasteiger partial charge in [-0.05, 0) is 36.8 Å². The molecule has 5 nitrogen and oxygen atoms in total. The van der Waals surface area contributed by atoms with Crippen LogP contribution in [0.4, 0.5) is 15.8 Å². The Kier molecular flexibility index (Phi) is 3.47. The Labute approximate surface area is 143 Å². The molecule has 1 spiro atoms. The predicted octanol–water partition coefficient (Wildman–Crippen LogP) is 2.78. The molecule has 1 amide bonds. The SMILES string of the molecule is NC(=O)c1ccc2c(n1)C1(CCOC1)CN2c1ccc(Cl)c(F)c1. The molecule has 0 aliphatic carbocycles. The number of nitrogens with two attached hydrogens (primary N) is 1. The molecule has 1 fully saturated rings. The first-order chi connectivity index (χ1) is 11.5. The molecule has 1 aromatic heterocycles. The Morgan fingerprint density at radius 2 is 2.21 bits per heavy atom. The molecular formula is C17H15ClFN3O2. The zero-order chi connectivity index (χ0) is 16.9. The number of nitrogens with zero attached hydrogens (tertiary/aromatic N) is 2. The number of fused-ring (bicyclic) bond motifs is 2. The van der Waals surface area contributed by atoms with Crippen LogP contribution in [0, 0.1) is 5.82 Å². The fourth-order valence-corrected chi connectivity index (χ4v) is 3.58. The number of halogens is 2. The summed E-state index contributed by atoms with van der Waals surface area (Å²) in [6, 6.07) is 8.11. The lowest BCUT2D eigenvalue weighted by molar-refractivity contribution is 0.0995. The minimum absolute atomic E-state index is 0.0827. The van der Waals surface area contributed by atoms with Gasteiger partial charge in [0.2, 0.25) is 0 Å². The van der Waals surface area contributed by atoms with Crippen molar-refractivity contribution < 1.29 is 13.9 Å². The lowest BCUT2D eigenvalue weighted by atomic mass is 9.85. The van der Waals surface area contributed by atoms with Gasteiger partial charge in [0, 0.05) is 18.8 Å². The molecule has 1 aromatic carbocycles. The summed E-state index contributed by atoms with van der Waals surface area (Å²) in [6.45, 7) is 1.76. The standard InChI is InChI=1S/C17H15ClFN3O2/c18-11-2-1-10(7-12(11)19)22-8-17(5-6-24-9-17)15-14(22)4-3-13(21-15)16(20)23/h1-4,7H,5-6,8-9H2,(H2,20,23). The van der Waals surface area contributed by atoms with Crippen molar-refractivity contribution in [2.45, 2.75) is 11.8 Å². The predicted molar refractivity (Wildman–Crippen MR) is 88.3 cm³/mol. The molecule has 4 rings (SSSR count). The van der Waals surface area contributed by atoms with Crippen molar-refractivity contribution in [1.82, 2.24) is 4.98 Å². The lowest BCUT2D eigenvalue weighted by Gasteiger charge is -2.23. The molecule has 24 heavy (non-hydrogen) atoms. The van der Waals surface area contributed by atoms with Crippen LogP contribution in [0.3, 0.4) is 0 Å². The second kappa shape index (κ2) is 5.43. The van der Waals surface area contributed by atoms with Crippen LogP contribution in [0.15, 0.2) is 30.3 Å². The topological polar surface area (TPSA) is 68.5 Å². The molecule has 124 valence electrons. The third-order valence-corrected chi connectivity index (χ3v) is 5.00. The zero-order valence-electron chi connectivity index (χ0n) is 12.8. The Morgan fingerprint density at radius 1 is 1.38 bits per heavy atom. The van der Waals surface area contributed by atoms with Gasteiger partial charge in [0.25, 0.3) is 5.91 Å². The maximum atomic E-state index is 13.9. The molecule has 0 radical (unpaired) electrons. The van der Waals surface area contributed by atoms with E-state index >= 15 is 0 Å². The Morgan fingerprint density at radius 3 is 2.88 bits per heavy atom. The molecule has 0 saturated carbocycles. The number of hydrogen-bond acceptors (Lipinski definition) is 4. The first kappa shape index (κ1) is 15.4. The number of rotatable bonds is 2. The van der Waals surface area contributed by atoms with E-state index in [4.69, 9.17) is 22.1 Å². The third-order valence-electron chi connectivity index (χ3n) is 4.70. The van der Waals surface area contributed by atoms with Crippen molar-refractivity contribution in [3.8, 4) is 0 Å². The fourth-order valence-electron chi connectivity index (χ4n) is 3.46. The molecule has 2 aromatic rings. The van der Waals surface area contributed by atoms with Gasteiger partial charge in [-0.3, -0.25) is 4.79 Å². The van der Waals surface area contributed by atoms with E-state index in [-0.39, 0.29) is 16.1 Å². The molecule has 1 atom stereocenters. The number of amides is 1. The highest BCUT2D eigenvalue weighted by molar-refractivity contribution is 6.30. The van der Waals surface area contributed by atoms with Gasteiger partial charge in [0.15, 0.2) is 0 Å². The van der Waals surface area contributed by atoms with Crippen LogP contribution < -0.4 is 10.6 Å². The minimum Gasteiger partial charge on any atom is -0.380 e. The molecule has 0 bridgehead atoms. The zero-order valence-corrected chi connectivity index (χ0v) is 13.5. The number of hydrogen-bond donors (Lipinski definition) is 1. The van der Waals surface area contributed by atoms with Gasteiger partial charge in [0.05, 0.1) is 28.4 Å². The summed E-state index contributed by atoms with van der Waals surface area (Å²) in [5.41, 5.74) is 7.60. The van der Waals surface area contributed by atoms with E-state index in [1.165, 1.54) is 12.1 Å². The van der Waals surface area contributed by atoms with Gasteiger partial charge in [0.1, 0.15) is 11.5 Å². The Bertz CT molecular complexity index is 837. The van der Waals surface area contributed by atoms with Crippen LogP contribution in [-0.2, 0) is 10.2 Å². The van der Waals surface area contributed by atoms with E-state index in [1.807, 2.05) is 11.0 Å². The number of benzene rings is 1. The van der Waals surface area contributed by atoms with Crippen LogP contribution in [0.25, 0.3) is 0 Å². The van der Waals surface area contributed by atoms with Crippen molar-refractivity contribution in [1.29, 1.82) is 0 Å². The maximum Gasteiger partial charge on any atom is 0.267 e. The van der Waals surface area contributed by atoms with Crippen LogP contribution in [-0.4, -0.2) is 30.6 Å². The number of carbonyl (C=O) groups is 1. The average molecular weight is 348 g/mol. The van der Waals surface area contributed by atoms with Crippen molar-refractivity contribution in [3.63, 3.8) is 0 Å². The quantitative estimate of drug-likeness (QED) is 0.907. The second-order valence-electron chi connectivity index (χ2n) is 6.20. The third kappa shape index (κ3) is 2.25. The van der Waals surface area contributed by atoms with Crippen LogP contribution in [0.5, 0.6) is 0 Å². The van der Waals surface area contributed by atoms with Gasteiger partial charge in [-0.25, -0.2) is 9.37 Å². The molecule has 1 unspecified atom stereocenters. The molecule has 7 heteroatoms. The van der Waals surface area contributed by atoms with E-state index in [0.717, 1.165) is 17.8 Å². The van der Waals surface area contributed by atoms with E-state index in [9.17, 15) is 9.18 Å². The molecule has 2 aliphatic rings. The van der Waals surface area contributed by atoms with Crippen molar-refractivity contribution in [3.05, 3.63) is 52.6 Å². The lowest BCUT2D eigenvalue weighted by Crippen LogP contribution is -2.32. The second-order valence-corrected chi connectivity index (χ2v) is 6.60. The molecule has 2 aliphatic heterocycles. The van der Waals surface area contributed by atoms with Gasteiger partial charge < -0.3 is 15.4 Å².